The summed E-state index contributed by atoms with van der Waals surface area (Å²) in [5, 5.41) is 0. The normalized spacial score (nSPS) is 18.2. The summed E-state index contributed by atoms with van der Waals surface area (Å²) < 4.78 is 13.1. The van der Waals surface area contributed by atoms with Crippen molar-refractivity contribution in [3.05, 3.63) is 90.0 Å². The molecule has 1 saturated heterocycles. The summed E-state index contributed by atoms with van der Waals surface area (Å²) in [6.45, 7) is 1.20. The fourth-order valence-electron chi connectivity index (χ4n) is 4.05. The van der Waals surface area contributed by atoms with Gasteiger partial charge in [-0.3, -0.25) is 4.79 Å². The molecular weight excluding hydrogens is 352 g/mol. The zero-order chi connectivity index (χ0) is 19.4. The van der Waals surface area contributed by atoms with Gasteiger partial charge in [0.2, 0.25) is 0 Å². The van der Waals surface area contributed by atoms with E-state index in [1.807, 2.05) is 66.9 Å². The van der Waals surface area contributed by atoms with Crippen LogP contribution in [0, 0.1) is 0 Å². The van der Waals surface area contributed by atoms with Crippen LogP contribution in [0.2, 0.25) is 0 Å². The van der Waals surface area contributed by atoms with E-state index >= 15 is 0 Å². The lowest BCUT2D eigenvalue weighted by molar-refractivity contribution is -0.145. The van der Waals surface area contributed by atoms with E-state index in [2.05, 4.69) is 9.55 Å². The quantitative estimate of drug-likeness (QED) is 0.593. The van der Waals surface area contributed by atoms with Gasteiger partial charge in [0, 0.05) is 32.3 Å². The summed E-state index contributed by atoms with van der Waals surface area (Å²) in [5.41, 5.74) is 1.17. The van der Waals surface area contributed by atoms with Gasteiger partial charge in [-0.15, -0.1) is 0 Å². The monoisotopic (exact) mass is 376 g/mol. The van der Waals surface area contributed by atoms with E-state index < -0.39 is 5.41 Å². The molecule has 28 heavy (non-hydrogen) atoms. The van der Waals surface area contributed by atoms with Gasteiger partial charge in [-0.05, 0) is 11.1 Å². The summed E-state index contributed by atoms with van der Waals surface area (Å²) in [6.07, 6.45) is 4.82. The maximum absolute atomic E-state index is 13.2. The zero-order valence-electron chi connectivity index (χ0n) is 16.0. The van der Waals surface area contributed by atoms with Crippen LogP contribution in [0.15, 0.2) is 73.1 Å². The third-order valence-electron chi connectivity index (χ3n) is 5.42. The predicted molar refractivity (Wildman–Crippen MR) is 106 cm³/mol. The largest absolute Gasteiger partial charge is 0.459 e. The third kappa shape index (κ3) is 3.34. The highest BCUT2D eigenvalue weighted by Crippen LogP contribution is 2.43. The van der Waals surface area contributed by atoms with E-state index in [0.717, 1.165) is 23.4 Å². The number of nitrogens with zero attached hydrogens (tertiary/aromatic N) is 2. The van der Waals surface area contributed by atoms with Crippen molar-refractivity contribution in [1.29, 1.82) is 0 Å². The molecule has 5 heteroatoms. The molecule has 144 valence electrons. The van der Waals surface area contributed by atoms with Gasteiger partial charge in [-0.1, -0.05) is 60.7 Å². The highest BCUT2D eigenvalue weighted by Gasteiger charge is 2.51. The minimum absolute atomic E-state index is 0.187. The van der Waals surface area contributed by atoms with E-state index in [9.17, 15) is 4.79 Å². The molecule has 0 saturated carbocycles. The lowest BCUT2D eigenvalue weighted by Gasteiger charge is -2.26. The first kappa shape index (κ1) is 18.4. The van der Waals surface area contributed by atoms with Gasteiger partial charge in [-0.25, -0.2) is 4.98 Å². The average molecular weight is 376 g/mol. The van der Waals surface area contributed by atoms with E-state index in [-0.39, 0.29) is 12.1 Å². The van der Waals surface area contributed by atoms with E-state index in [1.54, 1.807) is 13.3 Å². The molecule has 1 aliphatic heterocycles. The van der Waals surface area contributed by atoms with Crippen LogP contribution in [0.4, 0.5) is 0 Å². The molecule has 1 aromatic heterocycles. The van der Waals surface area contributed by atoms with Crippen molar-refractivity contribution in [1.82, 2.24) is 9.55 Å². The fraction of sp³-hybridized carbons (Fsp3) is 0.304. The van der Waals surface area contributed by atoms with Crippen LogP contribution in [-0.4, -0.2) is 35.3 Å². The van der Waals surface area contributed by atoms with E-state index in [0.29, 0.717) is 19.6 Å². The number of carbonyl (C=O) groups is 1. The highest BCUT2D eigenvalue weighted by atomic mass is 16.6. The lowest BCUT2D eigenvalue weighted by atomic mass is 9.72. The van der Waals surface area contributed by atoms with Gasteiger partial charge in [0.05, 0.1) is 13.2 Å². The second-order valence-corrected chi connectivity index (χ2v) is 7.11. The van der Waals surface area contributed by atoms with Crippen molar-refractivity contribution in [3.63, 3.8) is 0 Å². The Morgan fingerprint density at radius 2 is 1.75 bits per heavy atom. The molecule has 5 nitrogen and oxygen atoms in total. The minimum Gasteiger partial charge on any atom is -0.459 e. The molecule has 0 aliphatic carbocycles. The SMILES string of the molecule is COCCc1nccn1CC1CC(c2ccccc2)(c2ccccc2)C(=O)O1. The third-order valence-corrected chi connectivity index (χ3v) is 5.42. The minimum atomic E-state index is -0.777. The van der Waals surface area contributed by atoms with Crippen LogP contribution >= 0.6 is 0 Å². The number of rotatable bonds is 7. The van der Waals surface area contributed by atoms with Crippen molar-refractivity contribution < 1.29 is 14.3 Å². The molecule has 1 fully saturated rings. The smallest absolute Gasteiger partial charge is 0.321 e. The van der Waals surface area contributed by atoms with Crippen molar-refractivity contribution in [2.24, 2.45) is 0 Å². The second kappa shape index (κ2) is 7.98. The predicted octanol–water partition coefficient (Wildman–Crippen LogP) is 3.37. The van der Waals surface area contributed by atoms with Crippen LogP contribution in [0.3, 0.4) is 0 Å². The molecule has 1 unspecified atom stereocenters. The number of imidazole rings is 1. The molecule has 3 aromatic rings. The Morgan fingerprint density at radius 1 is 1.11 bits per heavy atom. The first-order valence-corrected chi connectivity index (χ1v) is 9.55. The van der Waals surface area contributed by atoms with Crippen LogP contribution in [0.5, 0.6) is 0 Å². The topological polar surface area (TPSA) is 53.4 Å². The van der Waals surface area contributed by atoms with Gasteiger partial charge in [0.15, 0.2) is 0 Å². The molecule has 1 atom stereocenters. The fourth-order valence-corrected chi connectivity index (χ4v) is 4.05. The lowest BCUT2D eigenvalue weighted by Crippen LogP contribution is -2.33. The maximum atomic E-state index is 13.2. The van der Waals surface area contributed by atoms with Gasteiger partial charge in [-0.2, -0.15) is 0 Å². The summed E-state index contributed by atoms with van der Waals surface area (Å²) >= 11 is 0. The van der Waals surface area contributed by atoms with Crippen molar-refractivity contribution in [2.75, 3.05) is 13.7 Å². The van der Waals surface area contributed by atoms with E-state index in [1.165, 1.54) is 0 Å². The molecule has 0 bridgehead atoms. The van der Waals surface area contributed by atoms with Crippen LogP contribution in [-0.2, 0) is 32.6 Å². The summed E-state index contributed by atoms with van der Waals surface area (Å²) in [6, 6.07) is 19.9. The molecule has 0 spiro atoms. The molecule has 0 N–H and O–H groups in total. The Morgan fingerprint density at radius 3 is 2.36 bits per heavy atom. The molecule has 0 radical (unpaired) electrons. The zero-order valence-corrected chi connectivity index (χ0v) is 16.0. The molecule has 2 aromatic carbocycles. The number of ether oxygens (including phenoxy) is 2. The second-order valence-electron chi connectivity index (χ2n) is 7.11. The number of benzene rings is 2. The molecule has 0 amide bonds. The number of methoxy groups -OCH3 is 1. The number of carbonyl (C=O) groups excluding carboxylic acids is 1. The maximum Gasteiger partial charge on any atom is 0.321 e. The van der Waals surface area contributed by atoms with Crippen LogP contribution in [0.1, 0.15) is 23.4 Å². The Balaban J connectivity index is 1.65. The number of aromatic nitrogens is 2. The summed E-state index contributed by atoms with van der Waals surface area (Å²) in [5.74, 6) is 0.753. The Bertz CT molecular complexity index is 882. The van der Waals surface area contributed by atoms with Gasteiger partial charge in [0.25, 0.3) is 0 Å². The number of esters is 1. The van der Waals surface area contributed by atoms with Gasteiger partial charge in [0.1, 0.15) is 17.3 Å². The summed E-state index contributed by atoms with van der Waals surface area (Å²) in [4.78, 5) is 17.6. The number of hydrogen-bond donors (Lipinski definition) is 0. The van der Waals surface area contributed by atoms with E-state index in [4.69, 9.17) is 9.47 Å². The first-order chi connectivity index (χ1) is 13.7. The first-order valence-electron chi connectivity index (χ1n) is 9.55. The molecule has 4 rings (SSSR count). The van der Waals surface area contributed by atoms with Crippen LogP contribution < -0.4 is 0 Å². The average Bonchev–Trinajstić information content (AvgIpc) is 3.32. The van der Waals surface area contributed by atoms with Gasteiger partial charge >= 0.3 is 5.97 Å². The Kier molecular flexibility index (Phi) is 5.26. The Labute approximate surface area is 164 Å². The van der Waals surface area contributed by atoms with Crippen molar-refractivity contribution >= 4 is 5.97 Å². The van der Waals surface area contributed by atoms with Crippen molar-refractivity contribution in [3.8, 4) is 0 Å². The Hall–Kier alpha value is -2.92. The number of cyclic esters (lactones) is 1. The highest BCUT2D eigenvalue weighted by molar-refractivity contribution is 5.89. The van der Waals surface area contributed by atoms with Gasteiger partial charge < -0.3 is 14.0 Å². The molecule has 1 aliphatic rings. The molecular formula is C23H24N2O3. The number of hydrogen-bond acceptors (Lipinski definition) is 4. The van der Waals surface area contributed by atoms with Crippen LogP contribution in [0.25, 0.3) is 0 Å². The molecule has 2 heterocycles. The standard InChI is InChI=1S/C23H24N2O3/c1-27-15-12-21-24-13-14-25(21)17-20-16-23(22(26)28-20,18-8-4-2-5-9-18)19-10-6-3-7-11-19/h2-11,13-14,20H,12,15-17H2,1H3. The van der Waals surface area contributed by atoms with Crippen molar-refractivity contribution in [2.45, 2.75) is 30.9 Å². The summed E-state index contributed by atoms with van der Waals surface area (Å²) in [7, 11) is 1.68.